The number of aliphatic hydroxyl groups excluding tert-OH is 1. The van der Waals surface area contributed by atoms with Gasteiger partial charge < -0.3 is 10.0 Å². The van der Waals surface area contributed by atoms with Gasteiger partial charge in [-0.1, -0.05) is 18.2 Å². The summed E-state index contributed by atoms with van der Waals surface area (Å²) >= 11 is 0. The van der Waals surface area contributed by atoms with E-state index in [-0.39, 0.29) is 18.7 Å². The normalized spacial score (nSPS) is 14.7. The highest BCUT2D eigenvalue weighted by Crippen LogP contribution is 2.28. The van der Waals surface area contributed by atoms with Crippen LogP contribution in [0.2, 0.25) is 0 Å². The molecule has 1 aromatic carbocycles. The van der Waals surface area contributed by atoms with Gasteiger partial charge in [-0.2, -0.15) is 22.7 Å². The van der Waals surface area contributed by atoms with Gasteiger partial charge >= 0.3 is 10.0 Å². The molecule has 3 heterocycles. The van der Waals surface area contributed by atoms with E-state index in [9.17, 15) is 31.5 Å². The molecule has 1 amide bonds. The molecule has 1 atom stereocenters. The lowest BCUT2D eigenvalue weighted by Gasteiger charge is -2.22. The number of carbonyl (C=O) groups is 1. The maximum Gasteiger partial charge on any atom is 0.302 e. The Labute approximate surface area is 180 Å². The summed E-state index contributed by atoms with van der Waals surface area (Å²) < 4.78 is 66.0. The summed E-state index contributed by atoms with van der Waals surface area (Å²) in [6.45, 7) is -1.34. The van der Waals surface area contributed by atoms with Crippen LogP contribution in [0.4, 0.5) is 13.2 Å². The Kier molecular flexibility index (Phi) is 5.77. The second kappa shape index (κ2) is 8.39. The lowest BCUT2D eigenvalue weighted by atomic mass is 9.98. The quantitative estimate of drug-likeness (QED) is 0.559. The SMILES string of the molecule is O=C([C@H](CO)c1ccccc1F)N1Cc2cn(S(=O)(=O)c3ccn(CC(F)F)n3)nc2C1. The second-order valence-corrected chi connectivity index (χ2v) is 8.94. The number of benzene rings is 1. The van der Waals surface area contributed by atoms with Gasteiger partial charge in [-0.3, -0.25) is 9.48 Å². The van der Waals surface area contributed by atoms with Crippen molar-refractivity contribution in [3.05, 3.63) is 65.4 Å². The minimum Gasteiger partial charge on any atom is -0.395 e. The highest BCUT2D eigenvalue weighted by Gasteiger charge is 2.34. The molecule has 1 aliphatic rings. The summed E-state index contributed by atoms with van der Waals surface area (Å²) in [5, 5.41) is 16.9. The van der Waals surface area contributed by atoms with E-state index < -0.39 is 52.3 Å². The fraction of sp³-hybridized carbons (Fsp3) is 0.316. The van der Waals surface area contributed by atoms with Crippen molar-refractivity contribution < 1.29 is 31.5 Å². The third-order valence-electron chi connectivity index (χ3n) is 5.08. The lowest BCUT2D eigenvalue weighted by molar-refractivity contribution is -0.134. The van der Waals surface area contributed by atoms with Crippen molar-refractivity contribution in [3.63, 3.8) is 0 Å². The molecule has 0 aliphatic carbocycles. The molecule has 1 N–H and O–H groups in total. The van der Waals surface area contributed by atoms with Crippen molar-refractivity contribution in [2.75, 3.05) is 6.61 Å². The van der Waals surface area contributed by atoms with Crippen LogP contribution in [0.25, 0.3) is 0 Å². The zero-order valence-corrected chi connectivity index (χ0v) is 17.3. The van der Waals surface area contributed by atoms with E-state index in [1.807, 2.05) is 0 Å². The topological polar surface area (TPSA) is 110 Å². The third kappa shape index (κ3) is 4.00. The summed E-state index contributed by atoms with van der Waals surface area (Å²) in [6, 6.07) is 6.75. The molecule has 1 aliphatic heterocycles. The Hall–Kier alpha value is -3.19. The Bertz CT molecular complexity index is 1230. The summed E-state index contributed by atoms with van der Waals surface area (Å²) in [7, 11) is -4.20. The van der Waals surface area contributed by atoms with E-state index in [2.05, 4.69) is 10.2 Å². The number of nitrogens with zero attached hydrogens (tertiary/aromatic N) is 5. The molecule has 0 unspecified atom stereocenters. The first-order valence-electron chi connectivity index (χ1n) is 9.49. The molecule has 0 fully saturated rings. The molecule has 170 valence electrons. The van der Waals surface area contributed by atoms with Crippen molar-refractivity contribution in [2.45, 2.75) is 37.0 Å². The van der Waals surface area contributed by atoms with Crippen molar-refractivity contribution in [2.24, 2.45) is 0 Å². The monoisotopic (exact) mass is 469 g/mol. The molecule has 0 bridgehead atoms. The first-order chi connectivity index (χ1) is 15.2. The predicted molar refractivity (Wildman–Crippen MR) is 104 cm³/mol. The van der Waals surface area contributed by atoms with Crippen LogP contribution in [0.5, 0.6) is 0 Å². The molecular weight excluding hydrogens is 451 g/mol. The molecule has 0 saturated heterocycles. The number of hydrogen-bond donors (Lipinski definition) is 1. The van der Waals surface area contributed by atoms with Crippen LogP contribution < -0.4 is 0 Å². The van der Waals surface area contributed by atoms with Gasteiger partial charge in [-0.15, -0.1) is 0 Å². The maximum absolute atomic E-state index is 14.1. The molecule has 32 heavy (non-hydrogen) atoms. The zero-order chi connectivity index (χ0) is 23.0. The Balaban J connectivity index is 1.52. The van der Waals surface area contributed by atoms with Gasteiger partial charge in [0.15, 0.2) is 5.03 Å². The molecular formula is C19H18F3N5O4S. The summed E-state index contributed by atoms with van der Waals surface area (Å²) in [4.78, 5) is 14.2. The first kappa shape index (κ1) is 22.0. The number of carbonyl (C=O) groups excluding carboxylic acids is 1. The average molecular weight is 469 g/mol. The summed E-state index contributed by atoms with van der Waals surface area (Å²) in [6.07, 6.45) is -0.329. The second-order valence-electron chi connectivity index (χ2n) is 7.20. The van der Waals surface area contributed by atoms with Crippen LogP contribution in [0, 0.1) is 5.82 Å². The average Bonchev–Trinajstić information content (AvgIpc) is 3.44. The van der Waals surface area contributed by atoms with Gasteiger partial charge in [0.25, 0.3) is 6.43 Å². The minimum absolute atomic E-state index is 0.0223. The fourth-order valence-corrected chi connectivity index (χ4v) is 4.62. The van der Waals surface area contributed by atoms with E-state index in [0.717, 1.165) is 16.9 Å². The summed E-state index contributed by atoms with van der Waals surface area (Å²) in [5.41, 5.74) is 0.842. The van der Waals surface area contributed by atoms with Crippen molar-refractivity contribution in [1.82, 2.24) is 23.9 Å². The largest absolute Gasteiger partial charge is 0.395 e. The van der Waals surface area contributed by atoms with E-state index in [1.54, 1.807) is 6.07 Å². The number of alkyl halides is 2. The number of hydrogen-bond acceptors (Lipinski definition) is 6. The number of amides is 1. The fourth-order valence-electron chi connectivity index (χ4n) is 3.51. The van der Waals surface area contributed by atoms with Gasteiger partial charge in [0, 0.05) is 30.1 Å². The molecule has 13 heteroatoms. The molecule has 0 spiro atoms. The van der Waals surface area contributed by atoms with Crippen molar-refractivity contribution in [1.29, 1.82) is 0 Å². The van der Waals surface area contributed by atoms with Gasteiger partial charge in [-0.25, -0.2) is 13.2 Å². The van der Waals surface area contributed by atoms with Crippen LogP contribution >= 0.6 is 0 Å². The van der Waals surface area contributed by atoms with E-state index in [4.69, 9.17) is 0 Å². The predicted octanol–water partition coefficient (Wildman–Crippen LogP) is 1.34. The third-order valence-corrected chi connectivity index (χ3v) is 6.51. The molecule has 3 aromatic rings. The van der Waals surface area contributed by atoms with Gasteiger partial charge in [0.1, 0.15) is 12.4 Å². The van der Waals surface area contributed by atoms with Crippen molar-refractivity contribution in [3.8, 4) is 0 Å². The Morgan fingerprint density at radius 1 is 1.16 bits per heavy atom. The summed E-state index contributed by atoms with van der Waals surface area (Å²) in [5.74, 6) is -2.23. The number of aliphatic hydroxyl groups is 1. The highest BCUT2D eigenvalue weighted by atomic mass is 32.2. The lowest BCUT2D eigenvalue weighted by Crippen LogP contribution is -2.33. The molecule has 0 radical (unpaired) electrons. The van der Waals surface area contributed by atoms with Crippen molar-refractivity contribution >= 4 is 15.9 Å². The Morgan fingerprint density at radius 2 is 1.91 bits per heavy atom. The Morgan fingerprint density at radius 3 is 2.56 bits per heavy atom. The standard InChI is InChI=1S/C19H18F3N5O4S/c20-15-4-2-1-3-13(15)14(11-28)19(29)25-7-12-8-27(23-16(12)9-25)32(30,31)18-5-6-26(24-18)10-17(21)22/h1-6,8,14,17,28H,7,9-11H2/t14-/m1/s1. The van der Waals surface area contributed by atoms with E-state index in [1.165, 1.54) is 29.3 Å². The zero-order valence-electron chi connectivity index (χ0n) is 16.5. The van der Waals surface area contributed by atoms with Gasteiger partial charge in [0.05, 0.1) is 24.8 Å². The first-order valence-corrected chi connectivity index (χ1v) is 10.9. The molecule has 9 nitrogen and oxygen atoms in total. The minimum atomic E-state index is -4.20. The number of rotatable bonds is 7. The number of halogens is 3. The van der Waals surface area contributed by atoms with Gasteiger partial charge in [0.2, 0.25) is 5.91 Å². The van der Waals surface area contributed by atoms with Crippen LogP contribution in [-0.4, -0.2) is 56.3 Å². The number of fused-ring (bicyclic) bond motifs is 1. The van der Waals surface area contributed by atoms with Crippen LogP contribution in [-0.2, 0) is 34.5 Å². The van der Waals surface area contributed by atoms with Gasteiger partial charge in [-0.05, 0) is 12.1 Å². The maximum atomic E-state index is 14.1. The van der Waals surface area contributed by atoms with Crippen LogP contribution in [0.3, 0.4) is 0 Å². The molecule has 2 aromatic heterocycles. The number of aromatic nitrogens is 4. The molecule has 0 saturated carbocycles. The van der Waals surface area contributed by atoms with Crippen LogP contribution in [0.1, 0.15) is 22.7 Å². The smallest absolute Gasteiger partial charge is 0.302 e. The highest BCUT2D eigenvalue weighted by molar-refractivity contribution is 7.89. The van der Waals surface area contributed by atoms with E-state index >= 15 is 0 Å². The molecule has 4 rings (SSSR count). The van der Waals surface area contributed by atoms with Crippen LogP contribution in [0.15, 0.2) is 47.8 Å². The van der Waals surface area contributed by atoms with E-state index in [0.29, 0.717) is 15.3 Å².